The van der Waals surface area contributed by atoms with Gasteiger partial charge in [-0.2, -0.15) is 0 Å². The van der Waals surface area contributed by atoms with Crippen molar-refractivity contribution in [1.29, 1.82) is 5.41 Å². The lowest BCUT2D eigenvalue weighted by molar-refractivity contribution is 0.239. The molecule has 1 rings (SSSR count). The summed E-state index contributed by atoms with van der Waals surface area (Å²) in [6, 6.07) is -0.215. The first-order valence-corrected chi connectivity index (χ1v) is 4.54. The van der Waals surface area contributed by atoms with Gasteiger partial charge in [-0.1, -0.05) is 6.92 Å². The summed E-state index contributed by atoms with van der Waals surface area (Å²) in [7, 11) is 0. The monoisotopic (exact) mass is 184 g/mol. The predicted octanol–water partition coefficient (Wildman–Crippen LogP) is 0.163. The third-order valence-corrected chi connectivity index (χ3v) is 2.00. The highest BCUT2D eigenvalue weighted by Gasteiger charge is 2.24. The summed E-state index contributed by atoms with van der Waals surface area (Å²) in [6.45, 7) is 1.88. The molecule has 1 fully saturated rings. The molecule has 0 saturated heterocycles. The Balaban J connectivity index is 2.26. The van der Waals surface area contributed by atoms with E-state index in [1.165, 1.54) is 0 Å². The maximum absolute atomic E-state index is 11.2. The van der Waals surface area contributed by atoms with Gasteiger partial charge in [0.15, 0.2) is 0 Å². The molecule has 1 aliphatic rings. The minimum atomic E-state index is -0.334. The van der Waals surface area contributed by atoms with Gasteiger partial charge in [0, 0.05) is 6.04 Å². The predicted molar refractivity (Wildman–Crippen MR) is 50.7 cm³/mol. The van der Waals surface area contributed by atoms with Crippen LogP contribution in [0.25, 0.3) is 0 Å². The van der Waals surface area contributed by atoms with E-state index in [2.05, 4.69) is 10.6 Å². The summed E-state index contributed by atoms with van der Waals surface area (Å²) in [5, 5.41) is 12.6. The molecular weight excluding hydrogens is 168 g/mol. The van der Waals surface area contributed by atoms with Crippen LogP contribution in [0.4, 0.5) is 4.79 Å². The summed E-state index contributed by atoms with van der Waals surface area (Å²) in [4.78, 5) is 11.2. The lowest BCUT2D eigenvalue weighted by Crippen LogP contribution is -2.48. The van der Waals surface area contributed by atoms with Crippen molar-refractivity contribution in [3.8, 4) is 0 Å². The third kappa shape index (κ3) is 3.31. The van der Waals surface area contributed by atoms with Gasteiger partial charge in [0.2, 0.25) is 0 Å². The summed E-state index contributed by atoms with van der Waals surface area (Å²) < 4.78 is 0. The normalized spacial score (nSPS) is 17.6. The average Bonchev–Trinajstić information content (AvgIpc) is 2.83. The maximum Gasteiger partial charge on any atom is 0.315 e. The molecule has 0 spiro atoms. The first-order chi connectivity index (χ1) is 6.13. The average molecular weight is 184 g/mol. The Hall–Kier alpha value is -1.26. The van der Waals surface area contributed by atoms with Crippen molar-refractivity contribution >= 4 is 11.9 Å². The molecule has 0 aromatic carbocycles. The zero-order valence-corrected chi connectivity index (χ0v) is 7.76. The second kappa shape index (κ2) is 4.11. The first-order valence-electron chi connectivity index (χ1n) is 4.54. The van der Waals surface area contributed by atoms with Gasteiger partial charge in [0.05, 0.1) is 6.04 Å². The van der Waals surface area contributed by atoms with Crippen LogP contribution in [-0.2, 0) is 0 Å². The second-order valence-electron chi connectivity index (χ2n) is 3.31. The minimum absolute atomic E-state index is 0.00782. The van der Waals surface area contributed by atoms with E-state index in [-0.39, 0.29) is 17.9 Å². The topological polar surface area (TPSA) is 91.0 Å². The number of nitrogens with one attached hydrogen (secondary N) is 3. The molecule has 0 aromatic rings. The van der Waals surface area contributed by atoms with Gasteiger partial charge < -0.3 is 16.4 Å². The van der Waals surface area contributed by atoms with E-state index in [4.69, 9.17) is 11.1 Å². The molecule has 13 heavy (non-hydrogen) atoms. The fourth-order valence-electron chi connectivity index (χ4n) is 1.01. The van der Waals surface area contributed by atoms with Crippen molar-refractivity contribution < 1.29 is 4.79 Å². The summed E-state index contributed by atoms with van der Waals surface area (Å²) in [5.41, 5.74) is 5.28. The number of carbonyl (C=O) groups excluding carboxylic acids is 1. The standard InChI is InChI=1S/C8H16N4O/c1-2-6(7(9)10)12-8(13)11-5-3-4-5/h5-6H,2-4H2,1H3,(H3,9,10)(H2,11,12,13). The Bertz CT molecular complexity index is 212. The van der Waals surface area contributed by atoms with Crippen LogP contribution in [-0.4, -0.2) is 24.0 Å². The Labute approximate surface area is 77.6 Å². The second-order valence-corrected chi connectivity index (χ2v) is 3.31. The number of rotatable bonds is 4. The van der Waals surface area contributed by atoms with Crippen LogP contribution in [0.3, 0.4) is 0 Å². The highest BCUT2D eigenvalue weighted by atomic mass is 16.2. The number of hydrogen-bond acceptors (Lipinski definition) is 2. The molecule has 74 valence electrons. The van der Waals surface area contributed by atoms with Gasteiger partial charge in [0.25, 0.3) is 0 Å². The molecule has 0 aliphatic heterocycles. The van der Waals surface area contributed by atoms with Crippen LogP contribution in [0.5, 0.6) is 0 Å². The van der Waals surface area contributed by atoms with Gasteiger partial charge in [-0.05, 0) is 19.3 Å². The van der Waals surface area contributed by atoms with E-state index in [9.17, 15) is 4.79 Å². The molecule has 5 N–H and O–H groups in total. The zero-order chi connectivity index (χ0) is 9.84. The highest BCUT2D eigenvalue weighted by Crippen LogP contribution is 2.18. The van der Waals surface area contributed by atoms with Crippen LogP contribution in [0.15, 0.2) is 0 Å². The smallest absolute Gasteiger partial charge is 0.315 e. The van der Waals surface area contributed by atoms with Crippen molar-refractivity contribution in [2.75, 3.05) is 0 Å². The maximum atomic E-state index is 11.2. The summed E-state index contributed by atoms with van der Waals surface area (Å²) in [6.07, 6.45) is 2.77. The number of carbonyl (C=O) groups is 1. The number of amidine groups is 1. The molecule has 0 aromatic heterocycles. The Morgan fingerprint density at radius 2 is 2.31 bits per heavy atom. The highest BCUT2D eigenvalue weighted by molar-refractivity contribution is 5.87. The molecule has 0 heterocycles. The van der Waals surface area contributed by atoms with Crippen molar-refractivity contribution in [2.24, 2.45) is 5.73 Å². The van der Waals surface area contributed by atoms with Crippen LogP contribution in [0.1, 0.15) is 26.2 Å². The van der Waals surface area contributed by atoms with Gasteiger partial charge >= 0.3 is 6.03 Å². The van der Waals surface area contributed by atoms with E-state index in [1.807, 2.05) is 6.92 Å². The molecule has 0 radical (unpaired) electrons. The Kier molecular flexibility index (Phi) is 3.11. The van der Waals surface area contributed by atoms with Gasteiger partial charge in [-0.3, -0.25) is 5.41 Å². The molecule has 5 heteroatoms. The van der Waals surface area contributed by atoms with E-state index in [0.29, 0.717) is 12.5 Å². The first kappa shape index (κ1) is 9.83. The van der Waals surface area contributed by atoms with E-state index < -0.39 is 0 Å². The van der Waals surface area contributed by atoms with Crippen LogP contribution < -0.4 is 16.4 Å². The quantitative estimate of drug-likeness (QED) is 0.370. The van der Waals surface area contributed by atoms with Gasteiger partial charge in [-0.25, -0.2) is 4.79 Å². The van der Waals surface area contributed by atoms with Crippen LogP contribution in [0.2, 0.25) is 0 Å². The van der Waals surface area contributed by atoms with Crippen molar-refractivity contribution in [1.82, 2.24) is 10.6 Å². The Morgan fingerprint density at radius 1 is 1.69 bits per heavy atom. The lowest BCUT2D eigenvalue weighted by Gasteiger charge is -2.15. The molecule has 1 atom stereocenters. The lowest BCUT2D eigenvalue weighted by atomic mass is 10.2. The van der Waals surface area contributed by atoms with E-state index in [0.717, 1.165) is 12.8 Å². The summed E-state index contributed by atoms with van der Waals surface area (Å²) in [5.74, 6) is 0.00782. The van der Waals surface area contributed by atoms with Crippen LogP contribution >= 0.6 is 0 Å². The largest absolute Gasteiger partial charge is 0.386 e. The molecular formula is C8H16N4O. The summed E-state index contributed by atoms with van der Waals surface area (Å²) >= 11 is 0. The number of urea groups is 1. The SMILES string of the molecule is CCC(NC(=O)NC1CC1)C(=N)N. The molecule has 1 aliphatic carbocycles. The number of nitrogens with two attached hydrogens (primary N) is 1. The fraction of sp³-hybridized carbons (Fsp3) is 0.750. The van der Waals surface area contributed by atoms with Crippen LogP contribution in [0, 0.1) is 5.41 Å². The number of amides is 2. The molecule has 5 nitrogen and oxygen atoms in total. The molecule has 1 unspecified atom stereocenters. The molecule has 1 saturated carbocycles. The molecule has 0 bridgehead atoms. The van der Waals surface area contributed by atoms with E-state index >= 15 is 0 Å². The van der Waals surface area contributed by atoms with E-state index in [1.54, 1.807) is 0 Å². The number of hydrogen-bond donors (Lipinski definition) is 4. The van der Waals surface area contributed by atoms with Crippen molar-refractivity contribution in [3.63, 3.8) is 0 Å². The van der Waals surface area contributed by atoms with Crippen molar-refractivity contribution in [2.45, 2.75) is 38.3 Å². The third-order valence-electron chi connectivity index (χ3n) is 2.00. The zero-order valence-electron chi connectivity index (χ0n) is 7.76. The van der Waals surface area contributed by atoms with Crippen molar-refractivity contribution in [3.05, 3.63) is 0 Å². The van der Waals surface area contributed by atoms with Gasteiger partial charge in [-0.15, -0.1) is 0 Å². The minimum Gasteiger partial charge on any atom is -0.386 e. The fourth-order valence-corrected chi connectivity index (χ4v) is 1.01. The van der Waals surface area contributed by atoms with Gasteiger partial charge in [0.1, 0.15) is 5.84 Å². The molecule has 2 amide bonds. The Morgan fingerprint density at radius 3 is 2.69 bits per heavy atom.